The third kappa shape index (κ3) is 7.53. The lowest BCUT2D eigenvalue weighted by Gasteiger charge is -2.20. The van der Waals surface area contributed by atoms with E-state index in [0.717, 1.165) is 31.0 Å². The van der Waals surface area contributed by atoms with Crippen molar-refractivity contribution in [3.63, 3.8) is 0 Å². The van der Waals surface area contributed by atoms with Gasteiger partial charge in [0.25, 0.3) is 0 Å². The predicted molar refractivity (Wildman–Crippen MR) is 79.5 cm³/mol. The minimum Gasteiger partial charge on any atom is -0.389 e. The molecule has 1 aromatic carbocycles. The molecule has 1 N–H and O–H groups in total. The quantitative estimate of drug-likeness (QED) is 0.708. The monoisotopic (exact) mass is 285 g/mol. The molecule has 1 aromatic rings. The van der Waals surface area contributed by atoms with Crippen LogP contribution in [0.2, 0.25) is 5.02 Å². The molecule has 0 aliphatic carbocycles. The summed E-state index contributed by atoms with van der Waals surface area (Å²) >= 11 is 5.85. The number of rotatable bonds is 9. The molecule has 0 heterocycles. The van der Waals surface area contributed by atoms with Gasteiger partial charge in [-0.15, -0.1) is 0 Å². The normalized spacial score (nSPS) is 12.9. The predicted octanol–water partition coefficient (Wildman–Crippen LogP) is 2.95. The van der Waals surface area contributed by atoms with Crippen LogP contribution in [-0.4, -0.2) is 42.9 Å². The van der Waals surface area contributed by atoms with Crippen LogP contribution in [0.5, 0.6) is 0 Å². The Bertz CT molecular complexity index is 343. The lowest BCUT2D eigenvalue weighted by atomic mass is 10.2. The highest BCUT2D eigenvalue weighted by molar-refractivity contribution is 6.30. The number of halogens is 1. The van der Waals surface area contributed by atoms with E-state index < -0.39 is 6.10 Å². The maximum absolute atomic E-state index is 9.85. The van der Waals surface area contributed by atoms with Crippen molar-refractivity contribution in [3.05, 3.63) is 34.9 Å². The molecule has 0 aromatic heterocycles. The number of hydrogen-bond donors (Lipinski definition) is 1. The van der Waals surface area contributed by atoms with Gasteiger partial charge in [-0.3, -0.25) is 4.90 Å². The van der Waals surface area contributed by atoms with Gasteiger partial charge in [0.1, 0.15) is 0 Å². The van der Waals surface area contributed by atoms with Gasteiger partial charge in [-0.05, 0) is 31.2 Å². The van der Waals surface area contributed by atoms with Crippen LogP contribution in [0.1, 0.15) is 25.3 Å². The topological polar surface area (TPSA) is 32.7 Å². The van der Waals surface area contributed by atoms with Gasteiger partial charge in [-0.25, -0.2) is 0 Å². The molecule has 108 valence electrons. The number of aliphatic hydroxyl groups is 1. The first kappa shape index (κ1) is 16.4. The fourth-order valence-electron chi connectivity index (χ4n) is 1.84. The van der Waals surface area contributed by atoms with E-state index in [1.54, 1.807) is 0 Å². The zero-order valence-electron chi connectivity index (χ0n) is 11.8. The van der Waals surface area contributed by atoms with Gasteiger partial charge in [0.2, 0.25) is 0 Å². The van der Waals surface area contributed by atoms with Gasteiger partial charge in [0.15, 0.2) is 0 Å². The standard InChI is InChI=1S/C15H24ClNO2/c1-3-4-9-19-12-15(18)11-17(2)10-13-5-7-14(16)8-6-13/h5-8,15,18H,3-4,9-12H2,1-2H3. The molecule has 0 fully saturated rings. The highest BCUT2D eigenvalue weighted by atomic mass is 35.5. The summed E-state index contributed by atoms with van der Waals surface area (Å²) < 4.78 is 5.41. The van der Waals surface area contributed by atoms with Crippen LogP contribution in [0, 0.1) is 0 Å². The Morgan fingerprint density at radius 2 is 2.00 bits per heavy atom. The van der Waals surface area contributed by atoms with E-state index in [-0.39, 0.29) is 0 Å². The number of likely N-dealkylation sites (N-methyl/N-ethyl adjacent to an activating group) is 1. The van der Waals surface area contributed by atoms with E-state index >= 15 is 0 Å². The summed E-state index contributed by atoms with van der Waals surface area (Å²) in [6.45, 7) is 4.66. The molecule has 0 saturated carbocycles. The first-order chi connectivity index (χ1) is 9.11. The Kier molecular flexibility index (Phi) is 8.07. The molecule has 3 nitrogen and oxygen atoms in total. The molecule has 0 amide bonds. The lowest BCUT2D eigenvalue weighted by Crippen LogP contribution is -2.32. The van der Waals surface area contributed by atoms with Crippen molar-refractivity contribution in [2.75, 3.05) is 26.8 Å². The molecule has 0 aliphatic rings. The number of ether oxygens (including phenoxy) is 1. The molecule has 19 heavy (non-hydrogen) atoms. The van der Waals surface area contributed by atoms with E-state index in [1.165, 1.54) is 5.56 Å². The average molecular weight is 286 g/mol. The Balaban J connectivity index is 2.22. The van der Waals surface area contributed by atoms with Crippen molar-refractivity contribution in [2.45, 2.75) is 32.4 Å². The van der Waals surface area contributed by atoms with Gasteiger partial charge < -0.3 is 9.84 Å². The smallest absolute Gasteiger partial charge is 0.0900 e. The Morgan fingerprint density at radius 1 is 1.32 bits per heavy atom. The van der Waals surface area contributed by atoms with Crippen LogP contribution in [0.3, 0.4) is 0 Å². The van der Waals surface area contributed by atoms with E-state index in [1.807, 2.05) is 31.3 Å². The van der Waals surface area contributed by atoms with Gasteiger partial charge in [0.05, 0.1) is 12.7 Å². The summed E-state index contributed by atoms with van der Waals surface area (Å²) in [4.78, 5) is 2.08. The molecule has 1 rings (SSSR count). The third-order valence-corrected chi connectivity index (χ3v) is 3.09. The van der Waals surface area contributed by atoms with Crippen LogP contribution in [0.15, 0.2) is 24.3 Å². The first-order valence-corrected chi connectivity index (χ1v) is 7.18. The molecule has 0 saturated heterocycles. The van der Waals surface area contributed by atoms with Crippen LogP contribution >= 0.6 is 11.6 Å². The molecule has 1 atom stereocenters. The fraction of sp³-hybridized carbons (Fsp3) is 0.600. The highest BCUT2D eigenvalue weighted by Crippen LogP contribution is 2.11. The molecule has 0 spiro atoms. The van der Waals surface area contributed by atoms with Crippen molar-refractivity contribution >= 4 is 11.6 Å². The Labute approximate surface area is 121 Å². The molecule has 0 aliphatic heterocycles. The minimum absolute atomic E-state index is 0.408. The summed E-state index contributed by atoms with van der Waals surface area (Å²) in [6.07, 6.45) is 1.73. The van der Waals surface area contributed by atoms with Crippen LogP contribution in [-0.2, 0) is 11.3 Å². The van der Waals surface area contributed by atoms with Crippen molar-refractivity contribution < 1.29 is 9.84 Å². The van der Waals surface area contributed by atoms with Gasteiger partial charge >= 0.3 is 0 Å². The van der Waals surface area contributed by atoms with E-state index in [4.69, 9.17) is 16.3 Å². The average Bonchev–Trinajstić information content (AvgIpc) is 2.37. The molecule has 0 radical (unpaired) electrons. The number of unbranched alkanes of at least 4 members (excludes halogenated alkanes) is 1. The SMILES string of the molecule is CCCCOCC(O)CN(C)Cc1ccc(Cl)cc1. The number of nitrogens with zero attached hydrogens (tertiary/aromatic N) is 1. The maximum atomic E-state index is 9.85. The number of benzene rings is 1. The number of aliphatic hydroxyl groups excluding tert-OH is 1. The largest absolute Gasteiger partial charge is 0.389 e. The van der Waals surface area contributed by atoms with E-state index in [0.29, 0.717) is 13.2 Å². The second kappa shape index (κ2) is 9.32. The van der Waals surface area contributed by atoms with Gasteiger partial charge in [0, 0.05) is 24.7 Å². The second-order valence-electron chi connectivity index (χ2n) is 4.91. The first-order valence-electron chi connectivity index (χ1n) is 6.80. The molecule has 0 bridgehead atoms. The van der Waals surface area contributed by atoms with Crippen molar-refractivity contribution in [1.29, 1.82) is 0 Å². The van der Waals surface area contributed by atoms with Gasteiger partial charge in [-0.1, -0.05) is 37.1 Å². The molecular weight excluding hydrogens is 262 g/mol. The van der Waals surface area contributed by atoms with Crippen LogP contribution in [0.25, 0.3) is 0 Å². The summed E-state index contributed by atoms with van der Waals surface area (Å²) in [6, 6.07) is 7.77. The lowest BCUT2D eigenvalue weighted by molar-refractivity contribution is 0.0188. The van der Waals surface area contributed by atoms with Gasteiger partial charge in [-0.2, -0.15) is 0 Å². The van der Waals surface area contributed by atoms with E-state index in [9.17, 15) is 5.11 Å². The zero-order valence-corrected chi connectivity index (χ0v) is 12.6. The summed E-state index contributed by atoms with van der Waals surface area (Å²) in [5.74, 6) is 0. The fourth-order valence-corrected chi connectivity index (χ4v) is 1.97. The van der Waals surface area contributed by atoms with Crippen LogP contribution < -0.4 is 0 Å². The third-order valence-electron chi connectivity index (χ3n) is 2.84. The zero-order chi connectivity index (χ0) is 14.1. The van der Waals surface area contributed by atoms with Crippen molar-refractivity contribution in [3.8, 4) is 0 Å². The summed E-state index contributed by atoms with van der Waals surface area (Å²) in [5, 5.41) is 10.6. The Hall–Kier alpha value is -0.610. The highest BCUT2D eigenvalue weighted by Gasteiger charge is 2.08. The van der Waals surface area contributed by atoms with Crippen LogP contribution in [0.4, 0.5) is 0 Å². The molecule has 4 heteroatoms. The van der Waals surface area contributed by atoms with E-state index in [2.05, 4.69) is 11.8 Å². The Morgan fingerprint density at radius 3 is 2.63 bits per heavy atom. The minimum atomic E-state index is -0.436. The number of hydrogen-bond acceptors (Lipinski definition) is 3. The summed E-state index contributed by atoms with van der Waals surface area (Å²) in [7, 11) is 1.99. The van der Waals surface area contributed by atoms with Crippen molar-refractivity contribution in [2.24, 2.45) is 0 Å². The molecular formula is C15H24ClNO2. The second-order valence-corrected chi connectivity index (χ2v) is 5.34. The molecule has 1 unspecified atom stereocenters. The summed E-state index contributed by atoms with van der Waals surface area (Å²) in [5.41, 5.74) is 1.19. The van der Waals surface area contributed by atoms with Crippen molar-refractivity contribution in [1.82, 2.24) is 4.90 Å². The maximum Gasteiger partial charge on any atom is 0.0900 e.